The number of nitrogens with two attached hydrogens (primary N) is 1. The number of halogens is 4. The molecule has 0 fully saturated rings. The third kappa shape index (κ3) is 3.20. The summed E-state index contributed by atoms with van der Waals surface area (Å²) in [4.78, 5) is 0. The van der Waals surface area contributed by atoms with E-state index >= 15 is 0 Å². The SMILES string of the molecule is Cl.NCC(c1ccc(F)cc1)C(F)F. The Kier molecular flexibility index (Phi) is 5.57. The standard InChI is InChI=1S/C9H10F3N.ClH/c10-7-3-1-6(2-4-7)8(5-13)9(11)12;/h1-4,8-9H,5,13H2;1H. The number of benzene rings is 1. The van der Waals surface area contributed by atoms with Crippen molar-refractivity contribution < 1.29 is 13.2 Å². The third-order valence-electron chi connectivity index (χ3n) is 1.86. The summed E-state index contributed by atoms with van der Waals surface area (Å²) in [7, 11) is 0. The summed E-state index contributed by atoms with van der Waals surface area (Å²) in [5.41, 5.74) is 5.54. The highest BCUT2D eigenvalue weighted by Gasteiger charge is 2.20. The molecule has 0 aliphatic rings. The van der Waals surface area contributed by atoms with Crippen LogP contribution in [0.4, 0.5) is 13.2 Å². The zero-order chi connectivity index (χ0) is 9.84. The smallest absolute Gasteiger partial charge is 0.246 e. The molecule has 0 heterocycles. The van der Waals surface area contributed by atoms with Gasteiger partial charge in [-0.05, 0) is 17.7 Å². The quantitative estimate of drug-likeness (QED) is 0.841. The number of alkyl halides is 2. The highest BCUT2D eigenvalue weighted by atomic mass is 35.5. The Balaban J connectivity index is 0.00000169. The normalized spacial score (nSPS) is 12.4. The van der Waals surface area contributed by atoms with Gasteiger partial charge in [0.25, 0.3) is 0 Å². The summed E-state index contributed by atoms with van der Waals surface area (Å²) in [6.07, 6.45) is -2.50. The minimum absolute atomic E-state index is 0. The van der Waals surface area contributed by atoms with Crippen LogP contribution in [0.25, 0.3) is 0 Å². The van der Waals surface area contributed by atoms with E-state index in [0.29, 0.717) is 5.56 Å². The second kappa shape index (κ2) is 5.88. The van der Waals surface area contributed by atoms with E-state index in [1.807, 2.05) is 0 Å². The van der Waals surface area contributed by atoms with Gasteiger partial charge in [0, 0.05) is 6.54 Å². The monoisotopic (exact) mass is 225 g/mol. The van der Waals surface area contributed by atoms with Crippen molar-refractivity contribution in [3.63, 3.8) is 0 Å². The summed E-state index contributed by atoms with van der Waals surface area (Å²) < 4.78 is 37.1. The minimum atomic E-state index is -2.50. The third-order valence-corrected chi connectivity index (χ3v) is 1.86. The predicted molar refractivity (Wildman–Crippen MR) is 51.4 cm³/mol. The fourth-order valence-corrected chi connectivity index (χ4v) is 1.09. The topological polar surface area (TPSA) is 26.0 Å². The molecule has 0 aliphatic heterocycles. The lowest BCUT2D eigenvalue weighted by molar-refractivity contribution is 0.117. The first kappa shape index (κ1) is 13.3. The first-order valence-corrected chi connectivity index (χ1v) is 3.89. The van der Waals surface area contributed by atoms with E-state index in [0.717, 1.165) is 12.1 Å². The fraction of sp³-hybridized carbons (Fsp3) is 0.333. The Labute approximate surface area is 86.5 Å². The molecule has 5 heteroatoms. The lowest BCUT2D eigenvalue weighted by atomic mass is 10.00. The molecule has 0 saturated carbocycles. The van der Waals surface area contributed by atoms with Crippen LogP contribution in [-0.2, 0) is 0 Å². The van der Waals surface area contributed by atoms with Crippen LogP contribution in [0.1, 0.15) is 11.5 Å². The molecule has 2 N–H and O–H groups in total. The Hall–Kier alpha value is -0.740. The van der Waals surface area contributed by atoms with Gasteiger partial charge in [0.1, 0.15) is 5.82 Å². The molecule has 0 spiro atoms. The van der Waals surface area contributed by atoms with E-state index in [2.05, 4.69) is 0 Å². The number of hydrogen-bond donors (Lipinski definition) is 1. The summed E-state index contributed by atoms with van der Waals surface area (Å²) in [5.74, 6) is -1.44. The largest absolute Gasteiger partial charge is 0.330 e. The van der Waals surface area contributed by atoms with Crippen molar-refractivity contribution in [2.24, 2.45) is 5.73 Å². The zero-order valence-corrected chi connectivity index (χ0v) is 8.11. The zero-order valence-electron chi connectivity index (χ0n) is 7.29. The molecule has 0 radical (unpaired) electrons. The summed E-state index contributed by atoms with van der Waals surface area (Å²) >= 11 is 0. The van der Waals surface area contributed by atoms with E-state index in [1.165, 1.54) is 12.1 Å². The van der Waals surface area contributed by atoms with Crippen molar-refractivity contribution in [3.8, 4) is 0 Å². The summed E-state index contributed by atoms with van der Waals surface area (Å²) in [6.45, 7) is -0.136. The predicted octanol–water partition coefficient (Wildman–Crippen LogP) is 2.55. The van der Waals surface area contributed by atoms with E-state index in [1.54, 1.807) is 0 Å². The average molecular weight is 226 g/mol. The molecule has 80 valence electrons. The Bertz CT molecular complexity index is 263. The fourth-order valence-electron chi connectivity index (χ4n) is 1.09. The van der Waals surface area contributed by atoms with E-state index < -0.39 is 18.2 Å². The molecule has 1 aromatic carbocycles. The minimum Gasteiger partial charge on any atom is -0.330 e. The van der Waals surface area contributed by atoms with Crippen LogP contribution < -0.4 is 5.73 Å². The molecule has 1 aromatic rings. The summed E-state index contributed by atoms with van der Waals surface area (Å²) in [6, 6.07) is 4.97. The highest BCUT2D eigenvalue weighted by Crippen LogP contribution is 2.21. The number of rotatable bonds is 3. The molecule has 1 rings (SSSR count). The van der Waals surface area contributed by atoms with Gasteiger partial charge in [0.15, 0.2) is 0 Å². The second-order valence-electron chi connectivity index (χ2n) is 2.73. The van der Waals surface area contributed by atoms with Crippen LogP contribution >= 0.6 is 12.4 Å². The second-order valence-corrected chi connectivity index (χ2v) is 2.73. The van der Waals surface area contributed by atoms with Crippen LogP contribution in [0.15, 0.2) is 24.3 Å². The van der Waals surface area contributed by atoms with Gasteiger partial charge in [0.2, 0.25) is 6.43 Å². The maximum atomic E-state index is 12.4. The van der Waals surface area contributed by atoms with Gasteiger partial charge in [-0.3, -0.25) is 0 Å². The van der Waals surface area contributed by atoms with Crippen LogP contribution in [-0.4, -0.2) is 13.0 Å². The Morgan fingerprint density at radius 2 is 1.64 bits per heavy atom. The Morgan fingerprint density at radius 3 is 2.00 bits per heavy atom. The average Bonchev–Trinajstić information content (AvgIpc) is 2.09. The van der Waals surface area contributed by atoms with Gasteiger partial charge in [-0.2, -0.15) is 0 Å². The first-order chi connectivity index (χ1) is 6.15. The molecule has 14 heavy (non-hydrogen) atoms. The van der Waals surface area contributed by atoms with Gasteiger partial charge >= 0.3 is 0 Å². The van der Waals surface area contributed by atoms with Gasteiger partial charge in [-0.25, -0.2) is 13.2 Å². The van der Waals surface area contributed by atoms with Crippen molar-refractivity contribution in [3.05, 3.63) is 35.6 Å². The molecule has 1 unspecified atom stereocenters. The van der Waals surface area contributed by atoms with Crippen molar-refractivity contribution in [2.45, 2.75) is 12.3 Å². The molecule has 0 aromatic heterocycles. The van der Waals surface area contributed by atoms with Crippen LogP contribution in [0, 0.1) is 5.82 Å². The van der Waals surface area contributed by atoms with Gasteiger partial charge in [0.05, 0.1) is 5.92 Å². The highest BCUT2D eigenvalue weighted by molar-refractivity contribution is 5.85. The first-order valence-electron chi connectivity index (χ1n) is 3.89. The molecule has 1 atom stereocenters. The van der Waals surface area contributed by atoms with E-state index in [9.17, 15) is 13.2 Å². The van der Waals surface area contributed by atoms with E-state index in [-0.39, 0.29) is 19.0 Å². The maximum Gasteiger partial charge on any atom is 0.246 e. The van der Waals surface area contributed by atoms with Crippen LogP contribution in [0.3, 0.4) is 0 Å². The summed E-state index contributed by atoms with van der Waals surface area (Å²) in [5, 5.41) is 0. The van der Waals surface area contributed by atoms with Crippen molar-refractivity contribution in [2.75, 3.05) is 6.54 Å². The molecular weight excluding hydrogens is 215 g/mol. The molecule has 0 bridgehead atoms. The molecule has 0 saturated heterocycles. The van der Waals surface area contributed by atoms with Gasteiger partial charge < -0.3 is 5.73 Å². The Morgan fingerprint density at radius 1 is 1.14 bits per heavy atom. The van der Waals surface area contributed by atoms with Crippen LogP contribution in [0.2, 0.25) is 0 Å². The van der Waals surface area contributed by atoms with E-state index in [4.69, 9.17) is 5.73 Å². The number of hydrogen-bond acceptors (Lipinski definition) is 1. The molecule has 1 nitrogen and oxygen atoms in total. The maximum absolute atomic E-state index is 12.4. The molecule has 0 amide bonds. The van der Waals surface area contributed by atoms with Crippen molar-refractivity contribution >= 4 is 12.4 Å². The van der Waals surface area contributed by atoms with Crippen molar-refractivity contribution in [1.82, 2.24) is 0 Å². The molecule has 0 aliphatic carbocycles. The van der Waals surface area contributed by atoms with Gasteiger partial charge in [-0.1, -0.05) is 12.1 Å². The van der Waals surface area contributed by atoms with Gasteiger partial charge in [-0.15, -0.1) is 12.4 Å². The van der Waals surface area contributed by atoms with Crippen molar-refractivity contribution in [1.29, 1.82) is 0 Å². The lowest BCUT2D eigenvalue weighted by Gasteiger charge is -2.13. The molecular formula is C9H11ClF3N. The lowest BCUT2D eigenvalue weighted by Crippen LogP contribution is -2.19. The van der Waals surface area contributed by atoms with Crippen LogP contribution in [0.5, 0.6) is 0 Å².